The number of quaternary nitrogens is 1. The van der Waals surface area contributed by atoms with E-state index >= 15 is 0 Å². The molecule has 3 N–H and O–H groups in total. The molecule has 0 unspecified atom stereocenters. The Bertz CT molecular complexity index is 1030. The van der Waals surface area contributed by atoms with Crippen LogP contribution >= 0.6 is 0 Å². The highest BCUT2D eigenvalue weighted by Gasteiger charge is 2.18. The van der Waals surface area contributed by atoms with Gasteiger partial charge in [-0.25, -0.2) is 0 Å². The summed E-state index contributed by atoms with van der Waals surface area (Å²) < 4.78 is 0. The van der Waals surface area contributed by atoms with Crippen molar-refractivity contribution < 1.29 is 30.0 Å². The lowest BCUT2D eigenvalue weighted by atomic mass is 10.0. The molecule has 0 saturated carbocycles. The van der Waals surface area contributed by atoms with E-state index in [2.05, 4.69) is 0 Å². The first-order valence-electron chi connectivity index (χ1n) is 11.1. The van der Waals surface area contributed by atoms with Crippen LogP contribution in [0, 0.1) is 0 Å². The highest BCUT2D eigenvalue weighted by Crippen LogP contribution is 2.08. The van der Waals surface area contributed by atoms with E-state index in [9.17, 15) is 19.2 Å². The lowest BCUT2D eigenvalue weighted by molar-refractivity contribution is -0.597. The summed E-state index contributed by atoms with van der Waals surface area (Å²) in [4.78, 5) is 47.2. The molecule has 184 valence electrons. The van der Waals surface area contributed by atoms with E-state index in [1.165, 1.54) is 0 Å². The van der Waals surface area contributed by atoms with Crippen LogP contribution in [-0.4, -0.2) is 42.7 Å². The predicted molar refractivity (Wildman–Crippen MR) is 139 cm³/mol. The average Bonchev–Trinajstić information content (AvgIpc) is 2.94. The Hall–Kier alpha value is -4.52. The second-order valence-electron chi connectivity index (χ2n) is 7.36. The third-order valence-corrected chi connectivity index (χ3v) is 4.56. The van der Waals surface area contributed by atoms with Crippen LogP contribution in [0.5, 0.6) is 0 Å². The molecular weight excluding hydrogens is 454 g/mol. The van der Waals surface area contributed by atoms with Gasteiger partial charge in [0, 0.05) is 22.3 Å². The van der Waals surface area contributed by atoms with Crippen LogP contribution in [-0.2, 0) is 0 Å². The smallest absolute Gasteiger partial charge is 0.233 e. The Morgan fingerprint density at radius 2 is 0.528 bits per heavy atom. The largest absolute Gasteiger partial charge is 0.870 e. The second kappa shape index (κ2) is 16.2. The van der Waals surface area contributed by atoms with Crippen LogP contribution in [0.15, 0.2) is 121 Å². The number of hydrogen-bond acceptors (Lipinski definition) is 5. The second-order valence-corrected chi connectivity index (χ2v) is 7.36. The lowest BCUT2D eigenvalue weighted by Crippen LogP contribution is -2.74. The summed E-state index contributed by atoms with van der Waals surface area (Å²) in [5, 5.41) is 2.00. The fraction of sp³-hybridized carbons (Fsp3) is 0.0667. The van der Waals surface area contributed by atoms with Crippen molar-refractivity contribution in [2.75, 3.05) is 14.1 Å². The molecule has 4 aromatic rings. The minimum atomic E-state index is -0.466. The van der Waals surface area contributed by atoms with Crippen molar-refractivity contribution in [1.82, 2.24) is 0 Å². The van der Waals surface area contributed by atoms with Crippen LogP contribution in [0.1, 0.15) is 41.4 Å². The highest BCUT2D eigenvalue weighted by atomic mass is 16.2. The normalized spacial score (nSPS) is 9.17. The standard InChI is InChI=1S/2C14H10O2.C2H7N.H2O/c2*15-13(11-7-3-1-4-8-11)14(16)12-9-5-2-6-10-12;1-3-2;/h2*1-10H;3H,1-2H3;1H2. The van der Waals surface area contributed by atoms with E-state index in [1.807, 2.05) is 43.7 Å². The molecule has 0 aliphatic heterocycles. The van der Waals surface area contributed by atoms with Gasteiger partial charge in [0.15, 0.2) is 0 Å². The minimum absolute atomic E-state index is 0. The van der Waals surface area contributed by atoms with Crippen molar-refractivity contribution in [2.45, 2.75) is 0 Å². The summed E-state index contributed by atoms with van der Waals surface area (Å²) >= 11 is 0. The molecule has 4 aromatic carbocycles. The first kappa shape index (κ1) is 29.5. The zero-order valence-electron chi connectivity index (χ0n) is 20.2. The van der Waals surface area contributed by atoms with Gasteiger partial charge in [0.05, 0.1) is 14.1 Å². The van der Waals surface area contributed by atoms with Gasteiger partial charge >= 0.3 is 0 Å². The Kier molecular flexibility index (Phi) is 13.3. The van der Waals surface area contributed by atoms with E-state index in [4.69, 9.17) is 0 Å². The van der Waals surface area contributed by atoms with Gasteiger partial charge in [0.2, 0.25) is 23.1 Å². The van der Waals surface area contributed by atoms with E-state index in [0.29, 0.717) is 22.3 Å². The van der Waals surface area contributed by atoms with Gasteiger partial charge in [0.25, 0.3) is 0 Å². The van der Waals surface area contributed by atoms with E-state index in [1.54, 1.807) is 97.1 Å². The molecule has 36 heavy (non-hydrogen) atoms. The molecule has 0 heterocycles. The molecule has 0 saturated heterocycles. The number of carbonyl (C=O) groups is 4. The van der Waals surface area contributed by atoms with Gasteiger partial charge in [-0.2, -0.15) is 0 Å². The fourth-order valence-corrected chi connectivity index (χ4v) is 2.88. The summed E-state index contributed by atoms with van der Waals surface area (Å²) in [5.41, 5.74) is 1.71. The predicted octanol–water partition coefficient (Wildman–Crippen LogP) is 4.14. The molecule has 0 radical (unpaired) electrons. The maximum Gasteiger partial charge on any atom is 0.233 e. The molecule has 0 aromatic heterocycles. The van der Waals surface area contributed by atoms with Crippen molar-refractivity contribution in [2.24, 2.45) is 0 Å². The molecule has 0 aliphatic carbocycles. The quantitative estimate of drug-likeness (QED) is 0.327. The van der Waals surface area contributed by atoms with Gasteiger partial charge < -0.3 is 10.8 Å². The molecule has 0 spiro atoms. The molecule has 0 atom stereocenters. The number of benzene rings is 4. The van der Waals surface area contributed by atoms with Crippen LogP contribution in [0.25, 0.3) is 0 Å². The van der Waals surface area contributed by atoms with Crippen LogP contribution in [0.2, 0.25) is 0 Å². The van der Waals surface area contributed by atoms with Crippen molar-refractivity contribution in [1.29, 1.82) is 0 Å². The van der Waals surface area contributed by atoms with E-state index in [-0.39, 0.29) is 5.48 Å². The van der Waals surface area contributed by atoms with E-state index in [0.717, 1.165) is 0 Å². The molecule has 4 rings (SSSR count). The third-order valence-electron chi connectivity index (χ3n) is 4.56. The number of carbonyl (C=O) groups excluding carboxylic acids is 4. The van der Waals surface area contributed by atoms with Crippen molar-refractivity contribution in [3.05, 3.63) is 144 Å². The van der Waals surface area contributed by atoms with Gasteiger partial charge in [0.1, 0.15) is 0 Å². The molecule has 6 heteroatoms. The number of hydrogen-bond donors (Lipinski definition) is 1. The third kappa shape index (κ3) is 9.02. The van der Waals surface area contributed by atoms with Crippen LogP contribution < -0.4 is 5.32 Å². The van der Waals surface area contributed by atoms with E-state index < -0.39 is 23.1 Å². The first-order valence-corrected chi connectivity index (χ1v) is 11.1. The summed E-state index contributed by atoms with van der Waals surface area (Å²) in [6.07, 6.45) is 0. The average molecular weight is 484 g/mol. The molecule has 0 amide bonds. The van der Waals surface area contributed by atoms with Crippen molar-refractivity contribution >= 4 is 23.1 Å². The Labute approximate surface area is 210 Å². The van der Waals surface area contributed by atoms with Gasteiger partial charge in [-0.15, -0.1) is 0 Å². The number of rotatable bonds is 6. The first-order chi connectivity index (χ1) is 17.0. The topological polar surface area (TPSA) is 115 Å². The Morgan fingerprint density at radius 3 is 0.667 bits per heavy atom. The number of nitrogens with two attached hydrogens (primary N) is 1. The molecule has 0 aliphatic rings. The molecule has 0 bridgehead atoms. The molecular formula is C30H29NO5. The maximum atomic E-state index is 11.8. The van der Waals surface area contributed by atoms with Gasteiger partial charge in [-0.3, -0.25) is 19.2 Å². The zero-order valence-corrected chi connectivity index (χ0v) is 20.2. The minimum Gasteiger partial charge on any atom is -0.870 e. The number of Topliss-reactive ketones (excluding diaryl/α,β-unsaturated/α-hetero) is 4. The Balaban J connectivity index is 0.000000317. The van der Waals surface area contributed by atoms with Gasteiger partial charge in [-0.1, -0.05) is 121 Å². The van der Waals surface area contributed by atoms with Gasteiger partial charge in [-0.05, 0) is 0 Å². The SMILES string of the molecule is C[NH2+]C.O=C(C(=O)c1ccccc1)c1ccccc1.O=C(C(=O)c1ccccc1)c1ccccc1.[OH-]. The molecule has 6 nitrogen and oxygen atoms in total. The van der Waals surface area contributed by atoms with Crippen LogP contribution in [0.4, 0.5) is 0 Å². The fourth-order valence-electron chi connectivity index (χ4n) is 2.88. The zero-order chi connectivity index (χ0) is 25.5. The lowest BCUT2D eigenvalue weighted by Gasteiger charge is -1.99. The number of ketones is 4. The van der Waals surface area contributed by atoms with Crippen LogP contribution in [0.3, 0.4) is 0 Å². The monoisotopic (exact) mass is 483 g/mol. The summed E-state index contributed by atoms with van der Waals surface area (Å²) in [6.45, 7) is 0. The van der Waals surface area contributed by atoms with Crippen molar-refractivity contribution in [3.8, 4) is 0 Å². The maximum absolute atomic E-state index is 11.8. The summed E-state index contributed by atoms with van der Waals surface area (Å²) in [6, 6.07) is 34.3. The summed E-state index contributed by atoms with van der Waals surface area (Å²) in [7, 11) is 4.00. The summed E-state index contributed by atoms with van der Waals surface area (Å²) in [5.74, 6) is -1.86. The highest BCUT2D eigenvalue weighted by molar-refractivity contribution is 6.49. The van der Waals surface area contributed by atoms with Crippen molar-refractivity contribution in [3.63, 3.8) is 0 Å². The Morgan fingerprint density at radius 1 is 0.389 bits per heavy atom. The molecule has 0 fully saturated rings.